The van der Waals surface area contributed by atoms with Crippen LogP contribution in [0.5, 0.6) is 5.88 Å². The molecule has 0 saturated carbocycles. The van der Waals surface area contributed by atoms with E-state index in [-0.39, 0.29) is 18.4 Å². The van der Waals surface area contributed by atoms with Gasteiger partial charge in [0.25, 0.3) is 0 Å². The van der Waals surface area contributed by atoms with Crippen LogP contribution in [0.15, 0.2) is 18.3 Å². The molecule has 128 valence electrons. The lowest BCUT2D eigenvalue weighted by Crippen LogP contribution is -2.44. The number of sulfonamides is 1. The summed E-state index contributed by atoms with van der Waals surface area (Å²) in [6.45, 7) is 3.43. The highest BCUT2D eigenvalue weighted by Gasteiger charge is 2.30. The van der Waals surface area contributed by atoms with Gasteiger partial charge in [0, 0.05) is 31.4 Å². The average molecular weight is 341 g/mol. The fourth-order valence-electron chi connectivity index (χ4n) is 2.61. The molecule has 1 atom stereocenters. The van der Waals surface area contributed by atoms with E-state index in [0.29, 0.717) is 38.4 Å². The van der Waals surface area contributed by atoms with Crippen LogP contribution in [0, 0.1) is 5.92 Å². The number of rotatable bonds is 6. The maximum absolute atomic E-state index is 12.3. The topological polar surface area (TPSA) is 88.6 Å². The largest absolute Gasteiger partial charge is 0.478 e. The van der Waals surface area contributed by atoms with E-state index < -0.39 is 10.0 Å². The molecule has 1 aliphatic rings. The van der Waals surface area contributed by atoms with E-state index in [4.69, 9.17) is 4.74 Å². The van der Waals surface area contributed by atoms with Crippen molar-refractivity contribution >= 4 is 15.9 Å². The molecular formula is C15H23N3O4S. The molecule has 1 N–H and O–H groups in total. The van der Waals surface area contributed by atoms with Gasteiger partial charge in [0.15, 0.2) is 0 Å². The third kappa shape index (κ3) is 4.90. The van der Waals surface area contributed by atoms with Crippen molar-refractivity contribution in [3.8, 4) is 5.88 Å². The Morgan fingerprint density at radius 3 is 3.00 bits per heavy atom. The highest BCUT2D eigenvalue weighted by Crippen LogP contribution is 2.19. The van der Waals surface area contributed by atoms with Gasteiger partial charge in [-0.05, 0) is 25.8 Å². The van der Waals surface area contributed by atoms with Crippen LogP contribution in [-0.4, -0.2) is 49.6 Å². The second-order valence-corrected chi connectivity index (χ2v) is 7.56. The number of hydrogen-bond donors (Lipinski definition) is 1. The van der Waals surface area contributed by atoms with Crippen LogP contribution in [0.4, 0.5) is 0 Å². The first-order valence-electron chi connectivity index (χ1n) is 7.71. The highest BCUT2D eigenvalue weighted by atomic mass is 32.2. The molecule has 1 amide bonds. The second kappa shape index (κ2) is 7.74. The van der Waals surface area contributed by atoms with E-state index in [1.54, 1.807) is 12.3 Å². The zero-order valence-corrected chi connectivity index (χ0v) is 14.3. The molecule has 1 fully saturated rings. The number of carbonyl (C=O) groups excluding carboxylic acids is 1. The van der Waals surface area contributed by atoms with E-state index >= 15 is 0 Å². The monoisotopic (exact) mass is 341 g/mol. The Hall–Kier alpha value is -1.67. The minimum atomic E-state index is -3.25. The quantitative estimate of drug-likeness (QED) is 0.825. The van der Waals surface area contributed by atoms with Crippen molar-refractivity contribution in [3.05, 3.63) is 23.9 Å². The summed E-state index contributed by atoms with van der Waals surface area (Å²) in [4.78, 5) is 16.5. The SMILES string of the molecule is CCOc1ncccc1CNC(=O)[C@H]1CCCN(S(C)(=O)=O)C1. The standard InChI is InChI=1S/C15H23N3O4S/c1-3-22-15-12(6-4-8-16-15)10-17-14(19)13-7-5-9-18(11-13)23(2,20)21/h4,6,8,13H,3,5,7,9-11H2,1-2H3,(H,17,19)/t13-/m0/s1. The minimum absolute atomic E-state index is 0.135. The van der Waals surface area contributed by atoms with Crippen molar-refractivity contribution < 1.29 is 17.9 Å². The van der Waals surface area contributed by atoms with E-state index in [1.165, 1.54) is 10.6 Å². The van der Waals surface area contributed by atoms with Crippen molar-refractivity contribution in [2.24, 2.45) is 5.92 Å². The van der Waals surface area contributed by atoms with Crippen LogP contribution in [0.25, 0.3) is 0 Å². The number of pyridine rings is 1. The number of aromatic nitrogens is 1. The van der Waals surface area contributed by atoms with Crippen LogP contribution in [-0.2, 0) is 21.4 Å². The number of carbonyl (C=O) groups is 1. The molecule has 0 unspecified atom stereocenters. The van der Waals surface area contributed by atoms with E-state index in [0.717, 1.165) is 5.56 Å². The molecule has 2 rings (SSSR count). The Bertz CT molecular complexity index is 648. The second-order valence-electron chi connectivity index (χ2n) is 5.58. The minimum Gasteiger partial charge on any atom is -0.478 e. The Kier molecular flexibility index (Phi) is 5.95. The summed E-state index contributed by atoms with van der Waals surface area (Å²) in [5.41, 5.74) is 0.804. The Labute approximate surface area is 137 Å². The summed E-state index contributed by atoms with van der Waals surface area (Å²) in [5.74, 6) is 0.0621. The summed E-state index contributed by atoms with van der Waals surface area (Å²) in [7, 11) is -3.25. The third-order valence-electron chi connectivity index (χ3n) is 3.81. The molecule has 7 nitrogen and oxygen atoms in total. The number of nitrogens with one attached hydrogen (secondary N) is 1. The fourth-order valence-corrected chi connectivity index (χ4v) is 3.52. The Morgan fingerprint density at radius 2 is 2.30 bits per heavy atom. The molecule has 1 aromatic rings. The van der Waals surface area contributed by atoms with Crippen molar-refractivity contribution in [3.63, 3.8) is 0 Å². The van der Waals surface area contributed by atoms with Crippen LogP contribution < -0.4 is 10.1 Å². The van der Waals surface area contributed by atoms with Crippen LogP contribution in [0.1, 0.15) is 25.3 Å². The van der Waals surface area contributed by atoms with Gasteiger partial charge < -0.3 is 10.1 Å². The Morgan fingerprint density at radius 1 is 1.52 bits per heavy atom. The molecule has 0 radical (unpaired) electrons. The molecule has 8 heteroatoms. The first kappa shape index (κ1) is 17.7. The van der Waals surface area contributed by atoms with E-state index in [1.807, 2.05) is 13.0 Å². The highest BCUT2D eigenvalue weighted by molar-refractivity contribution is 7.88. The summed E-state index contributed by atoms with van der Waals surface area (Å²) < 4.78 is 30.0. The predicted molar refractivity (Wildman–Crippen MR) is 86.4 cm³/mol. The molecule has 0 aliphatic carbocycles. The molecule has 0 bridgehead atoms. The normalized spacial score (nSPS) is 19.3. The summed E-state index contributed by atoms with van der Waals surface area (Å²) in [5, 5.41) is 2.86. The Balaban J connectivity index is 1.95. The molecule has 2 heterocycles. The lowest BCUT2D eigenvalue weighted by molar-refractivity contribution is -0.126. The number of piperidine rings is 1. The third-order valence-corrected chi connectivity index (χ3v) is 5.08. The maximum atomic E-state index is 12.3. The lowest BCUT2D eigenvalue weighted by atomic mass is 9.99. The first-order valence-corrected chi connectivity index (χ1v) is 9.56. The van der Waals surface area contributed by atoms with Crippen molar-refractivity contribution in [1.82, 2.24) is 14.6 Å². The van der Waals surface area contributed by atoms with E-state index in [2.05, 4.69) is 10.3 Å². The zero-order chi connectivity index (χ0) is 16.9. The zero-order valence-electron chi connectivity index (χ0n) is 13.5. The predicted octanol–water partition coefficient (Wildman–Crippen LogP) is 0.768. The lowest BCUT2D eigenvalue weighted by Gasteiger charge is -2.30. The van der Waals surface area contributed by atoms with Gasteiger partial charge in [-0.2, -0.15) is 0 Å². The van der Waals surface area contributed by atoms with Crippen molar-refractivity contribution in [1.29, 1.82) is 0 Å². The summed E-state index contributed by atoms with van der Waals surface area (Å²) in [6.07, 6.45) is 4.21. The fraction of sp³-hybridized carbons (Fsp3) is 0.600. The number of hydrogen-bond acceptors (Lipinski definition) is 5. The van der Waals surface area contributed by atoms with Crippen LogP contribution >= 0.6 is 0 Å². The van der Waals surface area contributed by atoms with Gasteiger partial charge in [-0.15, -0.1) is 0 Å². The first-order chi connectivity index (χ1) is 10.9. The van der Waals surface area contributed by atoms with Gasteiger partial charge in [0.2, 0.25) is 21.8 Å². The summed E-state index contributed by atoms with van der Waals surface area (Å²) >= 11 is 0. The van der Waals surface area contributed by atoms with Crippen molar-refractivity contribution in [2.45, 2.75) is 26.3 Å². The van der Waals surface area contributed by atoms with Gasteiger partial charge >= 0.3 is 0 Å². The number of amides is 1. The van der Waals surface area contributed by atoms with Gasteiger partial charge in [-0.25, -0.2) is 17.7 Å². The van der Waals surface area contributed by atoms with Crippen molar-refractivity contribution in [2.75, 3.05) is 26.0 Å². The smallest absolute Gasteiger partial charge is 0.224 e. The molecule has 23 heavy (non-hydrogen) atoms. The molecule has 0 aromatic carbocycles. The number of ether oxygens (including phenoxy) is 1. The molecular weight excluding hydrogens is 318 g/mol. The molecule has 1 aliphatic heterocycles. The average Bonchev–Trinajstić information content (AvgIpc) is 2.53. The molecule has 1 saturated heterocycles. The van der Waals surface area contributed by atoms with Gasteiger partial charge in [0.1, 0.15) is 0 Å². The van der Waals surface area contributed by atoms with Crippen LogP contribution in [0.2, 0.25) is 0 Å². The molecule has 0 spiro atoms. The van der Waals surface area contributed by atoms with Crippen LogP contribution in [0.3, 0.4) is 0 Å². The van der Waals surface area contributed by atoms with Gasteiger partial charge in [0.05, 0.1) is 18.8 Å². The van der Waals surface area contributed by atoms with E-state index in [9.17, 15) is 13.2 Å². The molecule has 1 aromatic heterocycles. The van der Waals surface area contributed by atoms with Gasteiger partial charge in [-0.1, -0.05) is 6.07 Å². The van der Waals surface area contributed by atoms with Gasteiger partial charge in [-0.3, -0.25) is 4.79 Å². The summed E-state index contributed by atoms with van der Waals surface area (Å²) in [6, 6.07) is 3.64. The number of nitrogens with zero attached hydrogens (tertiary/aromatic N) is 2. The maximum Gasteiger partial charge on any atom is 0.224 e.